The first-order valence-electron chi connectivity index (χ1n) is 9.00. The van der Waals surface area contributed by atoms with E-state index in [1.54, 1.807) is 24.3 Å². The summed E-state index contributed by atoms with van der Waals surface area (Å²) in [6, 6.07) is 12.4. The molecule has 30 heavy (non-hydrogen) atoms. The van der Waals surface area contributed by atoms with Crippen molar-refractivity contribution < 1.29 is 14.3 Å². The third-order valence-corrected chi connectivity index (χ3v) is 4.73. The smallest absolute Gasteiger partial charge is 0.262 e. The highest BCUT2D eigenvalue weighted by Gasteiger charge is 2.24. The monoisotopic (exact) mass is 446 g/mol. The Morgan fingerprint density at radius 3 is 2.47 bits per heavy atom. The average Bonchev–Trinajstić information content (AvgIpc) is 2.72. The molecule has 0 saturated carbocycles. The van der Waals surface area contributed by atoms with E-state index in [9.17, 15) is 9.59 Å². The summed E-state index contributed by atoms with van der Waals surface area (Å²) in [6.45, 7) is 3.58. The minimum Gasteiger partial charge on any atom is -0.479 e. The van der Waals surface area contributed by atoms with E-state index < -0.39 is 17.9 Å². The molecule has 0 aliphatic rings. The van der Waals surface area contributed by atoms with Crippen LogP contribution in [0.15, 0.2) is 47.6 Å². The maximum absolute atomic E-state index is 12.5. The molecular formula is C21H20Cl2N4O3. The molecule has 0 spiro atoms. The summed E-state index contributed by atoms with van der Waals surface area (Å²) in [4.78, 5) is 25.0. The molecule has 1 atom stereocenters. The summed E-state index contributed by atoms with van der Waals surface area (Å²) < 4.78 is 5.17. The number of nitriles is 1. The molecule has 7 nitrogen and oxygen atoms in total. The summed E-state index contributed by atoms with van der Waals surface area (Å²) >= 11 is 11.8. The molecule has 0 saturated heterocycles. The first kappa shape index (κ1) is 23.2. The summed E-state index contributed by atoms with van der Waals surface area (Å²) in [5, 5.41) is 15.7. The predicted molar refractivity (Wildman–Crippen MR) is 116 cm³/mol. The van der Waals surface area contributed by atoms with E-state index in [0.717, 1.165) is 5.56 Å². The van der Waals surface area contributed by atoms with Crippen LogP contribution >= 0.6 is 23.2 Å². The molecule has 9 heteroatoms. The fourth-order valence-electron chi connectivity index (χ4n) is 2.40. The molecule has 0 aromatic heterocycles. The summed E-state index contributed by atoms with van der Waals surface area (Å²) in [5.74, 6) is -0.519. The lowest BCUT2D eigenvalue weighted by Gasteiger charge is -2.20. The molecule has 2 amide bonds. The molecule has 0 aliphatic heterocycles. The number of nitrogens with one attached hydrogen (secondary N) is 2. The number of amides is 2. The van der Waals surface area contributed by atoms with Crippen molar-refractivity contribution in [1.82, 2.24) is 10.7 Å². The van der Waals surface area contributed by atoms with E-state index in [4.69, 9.17) is 33.2 Å². The van der Waals surface area contributed by atoms with Gasteiger partial charge in [0.05, 0.1) is 16.3 Å². The van der Waals surface area contributed by atoms with Crippen LogP contribution in [0.1, 0.15) is 29.8 Å². The van der Waals surface area contributed by atoms with Crippen LogP contribution in [0.25, 0.3) is 0 Å². The highest BCUT2D eigenvalue weighted by Crippen LogP contribution is 2.22. The molecule has 2 N–H and O–H groups in total. The van der Waals surface area contributed by atoms with Gasteiger partial charge in [-0.25, -0.2) is 5.43 Å². The number of rotatable bonds is 8. The Bertz CT molecular complexity index is 969. The van der Waals surface area contributed by atoms with Gasteiger partial charge < -0.3 is 10.1 Å². The highest BCUT2D eigenvalue weighted by molar-refractivity contribution is 6.42. The van der Waals surface area contributed by atoms with Crippen LogP contribution in [0.2, 0.25) is 10.0 Å². The van der Waals surface area contributed by atoms with Crippen molar-refractivity contribution in [2.75, 3.05) is 6.61 Å². The second kappa shape index (κ2) is 11.2. The van der Waals surface area contributed by atoms with E-state index >= 15 is 0 Å². The SMILES string of the molecule is CC(C)C(NC(=O)c1ccc(Cl)c(Cl)c1)C(=O)NN=Cc1ccc(OCC#N)cc1. The van der Waals surface area contributed by atoms with Crippen LogP contribution < -0.4 is 15.5 Å². The summed E-state index contributed by atoms with van der Waals surface area (Å²) in [6.07, 6.45) is 1.46. The van der Waals surface area contributed by atoms with Crippen molar-refractivity contribution >= 4 is 41.2 Å². The lowest BCUT2D eigenvalue weighted by atomic mass is 10.0. The van der Waals surface area contributed by atoms with Gasteiger partial charge in [0.1, 0.15) is 17.9 Å². The molecule has 0 aliphatic carbocycles. The molecule has 2 rings (SSSR count). The van der Waals surface area contributed by atoms with Gasteiger partial charge in [0.15, 0.2) is 6.61 Å². The van der Waals surface area contributed by atoms with Crippen LogP contribution in [0.3, 0.4) is 0 Å². The molecule has 2 aromatic rings. The largest absolute Gasteiger partial charge is 0.479 e. The predicted octanol–water partition coefficient (Wildman–Crippen LogP) is 3.80. The normalized spacial score (nSPS) is 11.7. The van der Waals surface area contributed by atoms with Gasteiger partial charge in [-0.15, -0.1) is 0 Å². The van der Waals surface area contributed by atoms with Gasteiger partial charge in [0, 0.05) is 5.56 Å². The molecule has 2 aromatic carbocycles. The molecule has 0 bridgehead atoms. The first-order chi connectivity index (χ1) is 14.3. The number of carbonyl (C=O) groups is 2. The van der Waals surface area contributed by atoms with E-state index in [-0.39, 0.29) is 17.5 Å². The van der Waals surface area contributed by atoms with Gasteiger partial charge in [-0.05, 0) is 53.9 Å². The number of carbonyl (C=O) groups excluding carboxylic acids is 2. The fourth-order valence-corrected chi connectivity index (χ4v) is 2.70. The number of nitrogens with zero attached hydrogens (tertiary/aromatic N) is 2. The third kappa shape index (κ3) is 6.76. The number of halogens is 2. The Labute approximate surface area is 184 Å². The Morgan fingerprint density at radius 2 is 1.87 bits per heavy atom. The average molecular weight is 447 g/mol. The van der Waals surface area contributed by atoms with E-state index in [1.807, 2.05) is 19.9 Å². The highest BCUT2D eigenvalue weighted by atomic mass is 35.5. The Hall–Kier alpha value is -3.08. The number of benzene rings is 2. The lowest BCUT2D eigenvalue weighted by Crippen LogP contribution is -2.48. The number of hydrogen-bond acceptors (Lipinski definition) is 5. The van der Waals surface area contributed by atoms with Gasteiger partial charge >= 0.3 is 0 Å². The molecule has 0 radical (unpaired) electrons. The maximum Gasteiger partial charge on any atom is 0.262 e. The van der Waals surface area contributed by atoms with Crippen molar-refractivity contribution in [3.63, 3.8) is 0 Å². The third-order valence-electron chi connectivity index (χ3n) is 3.99. The van der Waals surface area contributed by atoms with Gasteiger partial charge in [0.2, 0.25) is 0 Å². The van der Waals surface area contributed by atoms with Crippen molar-refractivity contribution in [2.24, 2.45) is 11.0 Å². The zero-order chi connectivity index (χ0) is 22.1. The lowest BCUT2D eigenvalue weighted by molar-refractivity contribution is -0.123. The standard InChI is InChI=1S/C21H20Cl2N4O3/c1-13(2)19(26-20(28)15-5-8-17(22)18(23)11-15)21(29)27-25-12-14-3-6-16(7-4-14)30-10-9-24/h3-8,11-13,19H,10H2,1-2H3,(H,26,28)(H,27,29). The van der Waals surface area contributed by atoms with E-state index in [0.29, 0.717) is 16.3 Å². The van der Waals surface area contributed by atoms with Crippen LogP contribution in [-0.4, -0.2) is 30.7 Å². The van der Waals surface area contributed by atoms with Crippen molar-refractivity contribution in [2.45, 2.75) is 19.9 Å². The van der Waals surface area contributed by atoms with Crippen LogP contribution in [0, 0.1) is 17.2 Å². The Kier molecular flexibility index (Phi) is 8.66. The zero-order valence-corrected chi connectivity index (χ0v) is 17.9. The molecule has 156 valence electrons. The Morgan fingerprint density at radius 1 is 1.17 bits per heavy atom. The molecule has 0 heterocycles. The Balaban J connectivity index is 1.98. The van der Waals surface area contributed by atoms with Gasteiger partial charge in [-0.2, -0.15) is 10.4 Å². The zero-order valence-electron chi connectivity index (χ0n) is 16.4. The number of hydrazone groups is 1. The van der Waals surface area contributed by atoms with Gasteiger partial charge in [-0.3, -0.25) is 9.59 Å². The van der Waals surface area contributed by atoms with Crippen LogP contribution in [0.4, 0.5) is 0 Å². The minimum atomic E-state index is -0.800. The van der Waals surface area contributed by atoms with Gasteiger partial charge in [-0.1, -0.05) is 37.0 Å². The second-order valence-electron chi connectivity index (χ2n) is 6.57. The van der Waals surface area contributed by atoms with Crippen molar-refractivity contribution in [1.29, 1.82) is 5.26 Å². The van der Waals surface area contributed by atoms with Crippen molar-refractivity contribution in [3.8, 4) is 11.8 Å². The minimum absolute atomic E-state index is 0.0337. The summed E-state index contributed by atoms with van der Waals surface area (Å²) in [7, 11) is 0. The quantitative estimate of drug-likeness (QED) is 0.475. The fraction of sp³-hybridized carbons (Fsp3) is 0.238. The maximum atomic E-state index is 12.5. The molecule has 1 unspecified atom stereocenters. The van der Waals surface area contributed by atoms with Gasteiger partial charge in [0.25, 0.3) is 11.8 Å². The van der Waals surface area contributed by atoms with Crippen LogP contribution in [-0.2, 0) is 4.79 Å². The van der Waals surface area contributed by atoms with Crippen LogP contribution in [0.5, 0.6) is 5.75 Å². The van der Waals surface area contributed by atoms with E-state index in [1.165, 1.54) is 24.4 Å². The number of hydrogen-bond donors (Lipinski definition) is 2. The molecular weight excluding hydrogens is 427 g/mol. The first-order valence-corrected chi connectivity index (χ1v) is 9.76. The van der Waals surface area contributed by atoms with E-state index in [2.05, 4.69) is 15.8 Å². The summed E-state index contributed by atoms with van der Waals surface area (Å²) in [5.41, 5.74) is 3.45. The molecule has 0 fully saturated rings. The van der Waals surface area contributed by atoms with Crippen molar-refractivity contribution in [3.05, 3.63) is 63.6 Å². The number of ether oxygens (including phenoxy) is 1. The topological polar surface area (TPSA) is 104 Å². The second-order valence-corrected chi connectivity index (χ2v) is 7.39.